The Balaban J connectivity index is 1.88. The zero-order chi connectivity index (χ0) is 24.8. The number of carbonyl (C=O) groups excluding carboxylic acids is 1. The molecule has 1 fully saturated rings. The third-order valence-electron chi connectivity index (χ3n) is 6.13. The first-order valence-electron chi connectivity index (χ1n) is 11.1. The second-order valence-electron chi connectivity index (χ2n) is 10.6. The molecule has 1 aliphatic rings. The quantitative estimate of drug-likeness (QED) is 0.612. The van der Waals surface area contributed by atoms with Gasteiger partial charge >= 0.3 is 13.2 Å². The van der Waals surface area contributed by atoms with Gasteiger partial charge in [-0.15, -0.1) is 0 Å². The smallest absolute Gasteiger partial charge is 0.444 e. The molecule has 2 heterocycles. The molecule has 1 atom stereocenters. The van der Waals surface area contributed by atoms with Crippen molar-refractivity contribution < 1.29 is 28.0 Å². The van der Waals surface area contributed by atoms with E-state index in [1.807, 2.05) is 53.0 Å². The summed E-state index contributed by atoms with van der Waals surface area (Å²) >= 11 is 0. The summed E-state index contributed by atoms with van der Waals surface area (Å²) in [5.74, 6) is -0.412. The number of halogens is 1. The van der Waals surface area contributed by atoms with Crippen molar-refractivity contribution in [1.29, 1.82) is 0 Å². The number of likely N-dealkylation sites (N-methyl/N-ethyl adjacent to an activating group) is 1. The van der Waals surface area contributed by atoms with Crippen LogP contribution in [0.15, 0.2) is 18.5 Å². The highest BCUT2D eigenvalue weighted by atomic mass is 19.1. The summed E-state index contributed by atoms with van der Waals surface area (Å²) in [6, 6.07) is 2.81. The van der Waals surface area contributed by atoms with Crippen LogP contribution < -0.4 is 5.46 Å². The van der Waals surface area contributed by atoms with E-state index in [1.54, 1.807) is 20.5 Å². The van der Waals surface area contributed by atoms with Gasteiger partial charge in [0.25, 0.3) is 0 Å². The third kappa shape index (κ3) is 5.50. The molecule has 1 unspecified atom stereocenters. The molecule has 1 aromatic heterocycles. The molecule has 0 radical (unpaired) electrons. The van der Waals surface area contributed by atoms with Crippen LogP contribution >= 0.6 is 0 Å². The molecular weight excluding hydrogens is 428 g/mol. The van der Waals surface area contributed by atoms with E-state index in [0.717, 1.165) is 0 Å². The number of amides is 1. The Labute approximate surface area is 195 Å². The summed E-state index contributed by atoms with van der Waals surface area (Å²) in [6.45, 7) is 14.0. The molecule has 33 heavy (non-hydrogen) atoms. The van der Waals surface area contributed by atoms with Crippen LogP contribution in [0, 0.1) is 5.82 Å². The first-order chi connectivity index (χ1) is 15.1. The number of hydrogen-bond donors (Lipinski definition) is 0. The fourth-order valence-corrected chi connectivity index (χ4v) is 3.64. The number of fused-ring (bicyclic) bond motifs is 1. The van der Waals surface area contributed by atoms with Gasteiger partial charge in [-0.05, 0) is 54.5 Å². The van der Waals surface area contributed by atoms with Gasteiger partial charge in [0.1, 0.15) is 11.4 Å². The molecule has 0 saturated carbocycles. The van der Waals surface area contributed by atoms with E-state index < -0.39 is 35.8 Å². The van der Waals surface area contributed by atoms with Crippen molar-refractivity contribution in [1.82, 2.24) is 14.5 Å². The second kappa shape index (κ2) is 8.89. The molecule has 0 N–H and O–H groups in total. The van der Waals surface area contributed by atoms with Gasteiger partial charge in [-0.2, -0.15) is 0 Å². The topological polar surface area (TPSA) is 75.0 Å². The molecule has 1 amide bonds. The van der Waals surface area contributed by atoms with Crippen molar-refractivity contribution in [3.05, 3.63) is 24.3 Å². The summed E-state index contributed by atoms with van der Waals surface area (Å²) in [7, 11) is 2.51. The number of carbonyl (C=O) groups is 1. The fourth-order valence-electron chi connectivity index (χ4n) is 3.64. The number of methoxy groups -OCH3 is 1. The Kier molecular flexibility index (Phi) is 6.86. The summed E-state index contributed by atoms with van der Waals surface area (Å²) in [5.41, 5.74) is 0.0538. The Morgan fingerprint density at radius 3 is 2.39 bits per heavy atom. The van der Waals surface area contributed by atoms with Crippen LogP contribution in [0.3, 0.4) is 0 Å². The minimum atomic E-state index is -0.742. The monoisotopic (exact) mass is 463 g/mol. The van der Waals surface area contributed by atoms with Crippen molar-refractivity contribution >= 4 is 29.7 Å². The maximum atomic E-state index is 14.4. The molecule has 3 rings (SSSR count). The average Bonchev–Trinajstić information content (AvgIpc) is 3.15. The highest BCUT2D eigenvalue weighted by Crippen LogP contribution is 2.37. The fraction of sp³-hybridized carbons (Fsp3) is 0.652. The van der Waals surface area contributed by atoms with E-state index in [1.165, 1.54) is 17.0 Å². The lowest BCUT2D eigenvalue weighted by Gasteiger charge is -2.32. The van der Waals surface area contributed by atoms with Gasteiger partial charge in [-0.1, -0.05) is 0 Å². The Hall–Kier alpha value is -2.17. The molecule has 0 spiro atoms. The lowest BCUT2D eigenvalue weighted by Crippen LogP contribution is -2.41. The molecule has 182 valence electrons. The van der Waals surface area contributed by atoms with E-state index in [9.17, 15) is 9.18 Å². The maximum absolute atomic E-state index is 14.4. The maximum Gasteiger partial charge on any atom is 0.497 e. The Morgan fingerprint density at radius 2 is 1.85 bits per heavy atom. The molecule has 8 nitrogen and oxygen atoms in total. The van der Waals surface area contributed by atoms with Crippen LogP contribution in [0.1, 0.15) is 48.5 Å². The van der Waals surface area contributed by atoms with Crippen LogP contribution in [0.5, 0.6) is 0 Å². The van der Waals surface area contributed by atoms with Gasteiger partial charge < -0.3 is 28.2 Å². The van der Waals surface area contributed by atoms with Crippen molar-refractivity contribution in [2.24, 2.45) is 0 Å². The third-order valence-corrected chi connectivity index (χ3v) is 6.13. The predicted octanol–water partition coefficient (Wildman–Crippen LogP) is 3.36. The van der Waals surface area contributed by atoms with E-state index >= 15 is 0 Å². The van der Waals surface area contributed by atoms with Crippen LogP contribution in [-0.2, 0) is 25.3 Å². The minimum absolute atomic E-state index is 0.304. The lowest BCUT2D eigenvalue weighted by atomic mass is 9.78. The predicted molar refractivity (Wildman–Crippen MR) is 125 cm³/mol. The van der Waals surface area contributed by atoms with Crippen molar-refractivity contribution in [2.45, 2.75) is 77.9 Å². The highest BCUT2D eigenvalue weighted by Gasteiger charge is 2.52. The van der Waals surface area contributed by atoms with Gasteiger partial charge in [-0.25, -0.2) is 14.2 Å². The molecule has 10 heteroatoms. The van der Waals surface area contributed by atoms with Crippen molar-refractivity contribution in [3.63, 3.8) is 0 Å². The number of ether oxygens (including phenoxy) is 2. The number of nitrogens with zero attached hydrogens (tertiary/aromatic N) is 3. The molecule has 0 aliphatic carbocycles. The Morgan fingerprint density at radius 1 is 1.24 bits per heavy atom. The zero-order valence-corrected chi connectivity index (χ0v) is 21.1. The van der Waals surface area contributed by atoms with Gasteiger partial charge in [0.15, 0.2) is 0 Å². The molecular formula is C23H35BFN3O5. The minimum Gasteiger partial charge on any atom is -0.444 e. The van der Waals surface area contributed by atoms with Crippen LogP contribution in [0.2, 0.25) is 0 Å². The highest BCUT2D eigenvalue weighted by molar-refractivity contribution is 6.65. The largest absolute Gasteiger partial charge is 0.497 e. The number of rotatable bonds is 6. The second-order valence-corrected chi connectivity index (χ2v) is 10.6. The van der Waals surface area contributed by atoms with Crippen LogP contribution in [0.4, 0.5) is 9.18 Å². The zero-order valence-electron chi connectivity index (χ0n) is 21.1. The molecule has 1 aromatic carbocycles. The van der Waals surface area contributed by atoms with Gasteiger partial charge in [0, 0.05) is 25.7 Å². The summed E-state index contributed by atoms with van der Waals surface area (Å²) in [4.78, 5) is 18.2. The molecule has 0 bridgehead atoms. The first-order valence-corrected chi connectivity index (χ1v) is 11.1. The molecule has 2 aromatic rings. The SMILES string of the molecule is COC(CN(C)C(=O)OC(C)(C)C)Cn1cnc2cc(F)cc(B3OC(C)(C)C(C)(C)O3)c21. The Bertz CT molecular complexity index is 1000. The van der Waals surface area contributed by atoms with Gasteiger partial charge in [0.2, 0.25) is 0 Å². The standard InChI is InChI=1S/C23H35BFN3O5/c1-21(2,3)31-20(29)27(8)12-16(30-9)13-28-14-26-18-11-15(25)10-17(19(18)28)24-32-22(4,5)23(6,7)33-24/h10-11,14,16H,12-13H2,1-9H3. The first kappa shape index (κ1) is 25.5. The van der Waals surface area contributed by atoms with E-state index in [-0.39, 0.29) is 6.10 Å². The normalized spacial score (nSPS) is 18.5. The average molecular weight is 463 g/mol. The number of benzene rings is 1. The van der Waals surface area contributed by atoms with E-state index in [2.05, 4.69) is 4.98 Å². The summed E-state index contributed by atoms with van der Waals surface area (Å²) in [5, 5.41) is 0. The van der Waals surface area contributed by atoms with Crippen molar-refractivity contribution in [2.75, 3.05) is 20.7 Å². The van der Waals surface area contributed by atoms with E-state index in [4.69, 9.17) is 18.8 Å². The molecule has 1 saturated heterocycles. The van der Waals surface area contributed by atoms with Crippen LogP contribution in [-0.4, -0.2) is 71.3 Å². The van der Waals surface area contributed by atoms with E-state index in [0.29, 0.717) is 29.6 Å². The van der Waals surface area contributed by atoms with Crippen LogP contribution in [0.25, 0.3) is 11.0 Å². The number of hydrogen-bond acceptors (Lipinski definition) is 6. The lowest BCUT2D eigenvalue weighted by molar-refractivity contribution is 0.00578. The molecule has 1 aliphatic heterocycles. The summed E-state index contributed by atoms with van der Waals surface area (Å²) in [6.07, 6.45) is 0.856. The van der Waals surface area contributed by atoms with Crippen molar-refractivity contribution in [3.8, 4) is 0 Å². The number of imidazole rings is 1. The van der Waals surface area contributed by atoms with Gasteiger partial charge in [-0.3, -0.25) is 0 Å². The summed E-state index contributed by atoms with van der Waals surface area (Å²) < 4.78 is 39.7. The number of aromatic nitrogens is 2. The van der Waals surface area contributed by atoms with Gasteiger partial charge in [0.05, 0.1) is 47.8 Å².